The predicted octanol–water partition coefficient (Wildman–Crippen LogP) is 10.2. The summed E-state index contributed by atoms with van der Waals surface area (Å²) in [5, 5.41) is 4.93. The first-order chi connectivity index (χ1) is 34.2. The van der Waals surface area contributed by atoms with E-state index in [0.717, 1.165) is 43.2 Å². The molecule has 2 aromatic heterocycles. The van der Waals surface area contributed by atoms with Crippen LogP contribution in [-0.2, 0) is 31.5 Å². The van der Waals surface area contributed by atoms with Gasteiger partial charge < -0.3 is 39.9 Å². The van der Waals surface area contributed by atoms with E-state index in [1.165, 1.54) is 33.1 Å². The number of aromatic nitrogens is 4. The molecular weight excluding hydrogens is 907 g/mol. The third-order valence-electron chi connectivity index (χ3n) is 12.4. The van der Waals surface area contributed by atoms with Crippen LogP contribution >= 0.6 is 0 Å². The van der Waals surface area contributed by atoms with Gasteiger partial charge in [0, 0.05) is 29.3 Å². The number of carbonyl (C=O) groups excluding carboxylic acids is 4. The highest BCUT2D eigenvalue weighted by Crippen LogP contribution is 2.53. The molecule has 2 saturated carbocycles. The molecule has 376 valence electrons. The number of nitrogens with zero attached hydrogens (tertiary/aromatic N) is 4. The summed E-state index contributed by atoms with van der Waals surface area (Å²) in [4.78, 5) is 69.1. The van der Waals surface area contributed by atoms with Crippen LogP contribution in [0.2, 0.25) is 0 Å². The average Bonchev–Trinajstić information content (AvgIpc) is 3.97. The number of methoxy groups -OCH3 is 2. The SMILES string of the molecule is C#C.C#C.C#C.CCC.CCC.COC(=O)NCC(=O)N(Cc1ncc(-c2ccc3c(c2)C(F)(F)c2cc(-c4ccc5nc([C@@H]6[C@H]7CC[C@H](C7)N6C(=O)CNC(=O)OC)[nH]c5c4)ccc2-3)[nH]1)CC1(C)CC1. The molecule has 3 heterocycles. The van der Waals surface area contributed by atoms with Crippen molar-refractivity contribution >= 4 is 35.0 Å². The van der Waals surface area contributed by atoms with Gasteiger partial charge in [-0.15, -0.1) is 38.5 Å². The fraction of sp³-hybridized carbons (Fsp3) is 0.418. The van der Waals surface area contributed by atoms with Gasteiger partial charge in [0.1, 0.15) is 24.7 Å². The molecule has 71 heavy (non-hydrogen) atoms. The number of aromatic amines is 2. The quantitative estimate of drug-likeness (QED) is 0.0947. The fourth-order valence-corrected chi connectivity index (χ4v) is 9.10. The zero-order valence-corrected chi connectivity index (χ0v) is 41.7. The zero-order valence-electron chi connectivity index (χ0n) is 41.7. The lowest BCUT2D eigenvalue weighted by atomic mass is 9.98. The summed E-state index contributed by atoms with van der Waals surface area (Å²) in [5.74, 6) is -2.36. The van der Waals surface area contributed by atoms with Crippen molar-refractivity contribution in [3.8, 4) is 72.1 Å². The number of terminal acetylenes is 3. The number of benzene rings is 3. The Balaban J connectivity index is 0.000000841. The number of rotatable bonds is 11. The van der Waals surface area contributed by atoms with E-state index in [4.69, 9.17) is 4.98 Å². The van der Waals surface area contributed by atoms with Gasteiger partial charge in [-0.2, -0.15) is 8.78 Å². The van der Waals surface area contributed by atoms with Crippen molar-refractivity contribution in [3.05, 3.63) is 83.6 Å². The van der Waals surface area contributed by atoms with Gasteiger partial charge in [-0.05, 0) is 90.0 Å². The molecule has 3 fully saturated rings. The van der Waals surface area contributed by atoms with E-state index in [1.807, 2.05) is 29.2 Å². The maximum Gasteiger partial charge on any atom is 0.407 e. The number of hydrogen-bond donors (Lipinski definition) is 4. The molecule has 4 amide bonds. The van der Waals surface area contributed by atoms with Crippen LogP contribution in [0.5, 0.6) is 0 Å². The second-order valence-electron chi connectivity index (χ2n) is 17.8. The minimum Gasteiger partial charge on any atom is -0.453 e. The molecule has 16 heteroatoms. The van der Waals surface area contributed by atoms with Crippen molar-refractivity contribution in [1.29, 1.82) is 0 Å². The molecule has 4 N–H and O–H groups in total. The molecule has 4 aliphatic rings. The smallest absolute Gasteiger partial charge is 0.407 e. The minimum atomic E-state index is -3.28. The number of halogens is 2. The molecule has 1 aliphatic heterocycles. The Bertz CT molecular complexity index is 2680. The first kappa shape index (κ1) is 56.0. The van der Waals surface area contributed by atoms with Gasteiger partial charge in [0.15, 0.2) is 0 Å². The number of ether oxygens (including phenoxy) is 2. The molecular formula is C55H66F2N8O6. The molecule has 3 atom stereocenters. The lowest BCUT2D eigenvalue weighted by molar-refractivity contribution is -0.135. The van der Waals surface area contributed by atoms with Crippen LogP contribution in [0.1, 0.15) is 108 Å². The Morgan fingerprint density at radius 1 is 0.789 bits per heavy atom. The van der Waals surface area contributed by atoms with Gasteiger partial charge >= 0.3 is 12.2 Å². The summed E-state index contributed by atoms with van der Waals surface area (Å²) in [6.45, 7) is 10.9. The van der Waals surface area contributed by atoms with Gasteiger partial charge in [-0.3, -0.25) is 9.59 Å². The van der Waals surface area contributed by atoms with E-state index in [1.54, 1.807) is 35.4 Å². The largest absolute Gasteiger partial charge is 0.453 e. The third kappa shape index (κ3) is 12.8. The summed E-state index contributed by atoms with van der Waals surface area (Å²) in [6.07, 6.45) is 31.4. The Morgan fingerprint density at radius 2 is 1.34 bits per heavy atom. The van der Waals surface area contributed by atoms with Crippen molar-refractivity contribution in [2.24, 2.45) is 11.3 Å². The van der Waals surface area contributed by atoms with E-state index >= 15 is 8.78 Å². The molecule has 3 aromatic carbocycles. The van der Waals surface area contributed by atoms with Crippen LogP contribution in [-0.4, -0.2) is 93.6 Å². The van der Waals surface area contributed by atoms with Crippen molar-refractivity contribution < 1.29 is 37.4 Å². The highest BCUT2D eigenvalue weighted by molar-refractivity contribution is 5.88. The molecule has 0 unspecified atom stereocenters. The van der Waals surface area contributed by atoms with E-state index < -0.39 is 18.1 Å². The van der Waals surface area contributed by atoms with E-state index in [9.17, 15) is 19.2 Å². The van der Waals surface area contributed by atoms with Crippen molar-refractivity contribution in [2.75, 3.05) is 33.9 Å². The van der Waals surface area contributed by atoms with E-state index in [-0.39, 0.29) is 66.0 Å². The normalized spacial score (nSPS) is 17.4. The lowest BCUT2D eigenvalue weighted by Gasteiger charge is -2.34. The third-order valence-corrected chi connectivity index (χ3v) is 12.4. The number of fused-ring (bicyclic) bond motifs is 6. The van der Waals surface area contributed by atoms with Gasteiger partial charge in [-0.25, -0.2) is 19.6 Å². The number of carbonyl (C=O) groups is 4. The Kier molecular flexibility index (Phi) is 19.9. The number of alkyl carbamates (subject to hydrolysis) is 2. The fourth-order valence-electron chi connectivity index (χ4n) is 9.10. The van der Waals surface area contributed by atoms with E-state index in [2.05, 4.69) is 108 Å². The molecule has 2 bridgehead atoms. The van der Waals surface area contributed by atoms with Crippen LogP contribution in [0, 0.1) is 49.9 Å². The number of hydrogen-bond acceptors (Lipinski definition) is 8. The van der Waals surface area contributed by atoms with Crippen LogP contribution in [0.4, 0.5) is 18.4 Å². The number of H-pyrrole nitrogens is 2. The summed E-state index contributed by atoms with van der Waals surface area (Å²) in [6, 6.07) is 15.6. The highest BCUT2D eigenvalue weighted by Gasteiger charge is 2.50. The van der Waals surface area contributed by atoms with Crippen LogP contribution in [0.25, 0.3) is 44.5 Å². The lowest BCUT2D eigenvalue weighted by Crippen LogP contribution is -2.45. The van der Waals surface area contributed by atoms with Crippen molar-refractivity contribution in [1.82, 2.24) is 40.4 Å². The maximum atomic E-state index is 16.4. The topological polar surface area (TPSA) is 175 Å². The minimum absolute atomic E-state index is 0.000371. The van der Waals surface area contributed by atoms with Gasteiger partial charge in [0.25, 0.3) is 5.92 Å². The van der Waals surface area contributed by atoms with Crippen molar-refractivity contribution in [3.63, 3.8) is 0 Å². The van der Waals surface area contributed by atoms with E-state index in [0.29, 0.717) is 51.7 Å². The van der Waals surface area contributed by atoms with Gasteiger partial charge in [-0.1, -0.05) is 77.8 Å². The highest BCUT2D eigenvalue weighted by atomic mass is 19.3. The summed E-state index contributed by atoms with van der Waals surface area (Å²) in [5.41, 5.74) is 4.58. The molecule has 3 aliphatic carbocycles. The van der Waals surface area contributed by atoms with Crippen LogP contribution in [0.15, 0.2) is 60.8 Å². The standard InChI is InChI=1S/C43H44F2N8O6.2C3H8.3C2H2/c1-42(12-13-42)22-52(36(54)19-47-40(56)58-2)21-35-46-18-34(49-35)25-6-10-29-28-9-5-23(15-30(28)43(44,45)31(29)16-25)24-7-11-32-33(17-24)51-39(50-32)38-26-4-8-27(14-26)53(38)37(55)20-48-41(57)59-3;2*1-3-2;3*1-2/h5-7,9-11,15-18,26-27,38H,4,8,12-14,19-22H2,1-3H3,(H,46,49)(H,47,56)(H,48,57)(H,50,51);2*3H2,1-2H3;3*1-2H/t26-,27+,38-;;;;;/m0...../s1. The molecule has 1 saturated heterocycles. The Morgan fingerprint density at radius 3 is 1.93 bits per heavy atom. The van der Waals surface area contributed by atoms with Crippen LogP contribution < -0.4 is 10.6 Å². The number of nitrogens with one attached hydrogen (secondary N) is 4. The number of amides is 4. The summed E-state index contributed by atoms with van der Waals surface area (Å²) >= 11 is 0. The number of piperidine rings is 1. The second-order valence-corrected chi connectivity index (χ2v) is 17.8. The van der Waals surface area contributed by atoms with Crippen molar-refractivity contribution in [2.45, 2.75) is 104 Å². The molecule has 9 rings (SSSR count). The summed E-state index contributed by atoms with van der Waals surface area (Å²) < 4.78 is 42.1. The molecule has 14 nitrogen and oxygen atoms in total. The Labute approximate surface area is 416 Å². The monoisotopic (exact) mass is 973 g/mol. The number of alkyl halides is 2. The predicted molar refractivity (Wildman–Crippen MR) is 273 cm³/mol. The summed E-state index contributed by atoms with van der Waals surface area (Å²) in [7, 11) is 2.48. The molecule has 0 radical (unpaired) electrons. The first-order valence-electron chi connectivity index (χ1n) is 23.6. The second kappa shape index (κ2) is 25.3. The van der Waals surface area contributed by atoms with Crippen LogP contribution in [0.3, 0.4) is 0 Å². The van der Waals surface area contributed by atoms with Gasteiger partial charge in [0.2, 0.25) is 11.8 Å². The number of imidazole rings is 2. The van der Waals surface area contributed by atoms with Gasteiger partial charge in [0.05, 0.1) is 49.7 Å². The zero-order chi connectivity index (χ0) is 52.6. The Hall–Kier alpha value is -7.64. The number of likely N-dealkylation sites (tertiary alicyclic amines) is 1. The first-order valence-corrected chi connectivity index (χ1v) is 23.6. The molecule has 5 aromatic rings. The maximum absolute atomic E-state index is 16.4. The molecule has 0 spiro atoms. The average molecular weight is 973 g/mol.